The second kappa shape index (κ2) is 4.56. The van der Waals surface area contributed by atoms with E-state index < -0.39 is 11.8 Å². The van der Waals surface area contributed by atoms with Gasteiger partial charge in [-0.25, -0.2) is 0 Å². The smallest absolute Gasteiger partial charge is 0.227 e. The van der Waals surface area contributed by atoms with E-state index in [1.807, 2.05) is 0 Å². The second-order valence-electron chi connectivity index (χ2n) is 4.16. The van der Waals surface area contributed by atoms with Crippen molar-refractivity contribution in [3.63, 3.8) is 0 Å². The normalized spacial score (nSPS) is 19.1. The van der Waals surface area contributed by atoms with Crippen LogP contribution in [0.4, 0.5) is 5.69 Å². The van der Waals surface area contributed by atoms with E-state index in [0.29, 0.717) is 11.4 Å². The van der Waals surface area contributed by atoms with Gasteiger partial charge in [0.1, 0.15) is 11.5 Å². The molecule has 1 atom stereocenters. The molecule has 1 aromatic rings. The van der Waals surface area contributed by atoms with Crippen molar-refractivity contribution in [3.05, 3.63) is 18.2 Å². The first-order valence-corrected chi connectivity index (χ1v) is 5.49. The fourth-order valence-corrected chi connectivity index (χ4v) is 1.98. The topological polar surface area (TPSA) is 92.9 Å². The van der Waals surface area contributed by atoms with Crippen molar-refractivity contribution in [3.8, 4) is 11.5 Å². The van der Waals surface area contributed by atoms with Crippen LogP contribution in [0.25, 0.3) is 0 Å². The summed E-state index contributed by atoms with van der Waals surface area (Å²) < 4.78 is 5.04. The van der Waals surface area contributed by atoms with E-state index in [2.05, 4.69) is 0 Å². The number of anilines is 1. The van der Waals surface area contributed by atoms with Gasteiger partial charge in [-0.3, -0.25) is 9.59 Å². The van der Waals surface area contributed by atoms with Crippen molar-refractivity contribution in [2.24, 2.45) is 11.7 Å². The molecule has 0 aliphatic carbocycles. The molecule has 1 unspecified atom stereocenters. The SMILES string of the molecule is COc1ccc(O)c(N2CC(C(N)=O)CC2=O)c1. The van der Waals surface area contributed by atoms with Crippen molar-refractivity contribution >= 4 is 17.5 Å². The quantitative estimate of drug-likeness (QED) is 0.803. The van der Waals surface area contributed by atoms with Gasteiger partial charge in [-0.1, -0.05) is 0 Å². The fraction of sp³-hybridized carbons (Fsp3) is 0.333. The molecule has 1 aliphatic rings. The first-order valence-electron chi connectivity index (χ1n) is 5.49. The molecule has 0 saturated carbocycles. The Morgan fingerprint density at radius 2 is 2.28 bits per heavy atom. The third-order valence-corrected chi connectivity index (χ3v) is 3.00. The number of amides is 2. The van der Waals surface area contributed by atoms with Crippen LogP contribution < -0.4 is 15.4 Å². The second-order valence-corrected chi connectivity index (χ2v) is 4.16. The van der Waals surface area contributed by atoms with E-state index in [1.54, 1.807) is 12.1 Å². The lowest BCUT2D eigenvalue weighted by atomic mass is 10.1. The first-order chi connectivity index (χ1) is 8.52. The van der Waals surface area contributed by atoms with Gasteiger partial charge in [0.2, 0.25) is 11.8 Å². The molecule has 6 nitrogen and oxygen atoms in total. The maximum Gasteiger partial charge on any atom is 0.227 e. The van der Waals surface area contributed by atoms with E-state index >= 15 is 0 Å². The van der Waals surface area contributed by atoms with Crippen LogP contribution in [0.1, 0.15) is 6.42 Å². The first kappa shape index (κ1) is 12.2. The van der Waals surface area contributed by atoms with E-state index in [9.17, 15) is 14.7 Å². The number of carbonyl (C=O) groups is 2. The summed E-state index contributed by atoms with van der Waals surface area (Å²) in [5, 5.41) is 9.77. The standard InChI is InChI=1S/C12H14N2O4/c1-18-8-2-3-10(15)9(5-8)14-6-7(12(13)17)4-11(14)16/h2-3,5,7,15H,4,6H2,1H3,(H2,13,17). The number of hydrogen-bond donors (Lipinski definition) is 2. The highest BCUT2D eigenvalue weighted by Gasteiger charge is 2.35. The molecule has 6 heteroatoms. The molecule has 2 amide bonds. The van der Waals surface area contributed by atoms with Crippen molar-refractivity contribution in [2.45, 2.75) is 6.42 Å². The van der Waals surface area contributed by atoms with Crippen molar-refractivity contribution in [1.82, 2.24) is 0 Å². The molecule has 0 bridgehead atoms. The minimum Gasteiger partial charge on any atom is -0.506 e. The molecular formula is C12H14N2O4. The van der Waals surface area contributed by atoms with Gasteiger partial charge in [0.05, 0.1) is 18.7 Å². The Bertz CT molecular complexity index is 501. The molecular weight excluding hydrogens is 236 g/mol. The molecule has 1 fully saturated rings. The molecule has 96 valence electrons. The zero-order valence-electron chi connectivity index (χ0n) is 9.92. The Kier molecular flexibility index (Phi) is 3.10. The Balaban J connectivity index is 2.32. The molecule has 0 aromatic heterocycles. The number of carbonyl (C=O) groups excluding carboxylic acids is 2. The van der Waals surface area contributed by atoms with Crippen molar-refractivity contribution < 1.29 is 19.4 Å². The van der Waals surface area contributed by atoms with Gasteiger partial charge in [-0.15, -0.1) is 0 Å². The Morgan fingerprint density at radius 1 is 1.56 bits per heavy atom. The van der Waals surface area contributed by atoms with Crippen LogP contribution in [0.15, 0.2) is 18.2 Å². The van der Waals surface area contributed by atoms with Crippen LogP contribution in [0.2, 0.25) is 0 Å². The fourth-order valence-electron chi connectivity index (χ4n) is 1.98. The van der Waals surface area contributed by atoms with E-state index in [0.717, 1.165) is 0 Å². The lowest BCUT2D eigenvalue weighted by Gasteiger charge is -2.18. The molecule has 1 heterocycles. The third-order valence-electron chi connectivity index (χ3n) is 3.00. The zero-order valence-corrected chi connectivity index (χ0v) is 9.92. The van der Waals surface area contributed by atoms with E-state index in [1.165, 1.54) is 18.1 Å². The van der Waals surface area contributed by atoms with Gasteiger partial charge in [0.15, 0.2) is 0 Å². The predicted octanol–water partition coefficient (Wildman–Crippen LogP) is 0.239. The van der Waals surface area contributed by atoms with Crippen molar-refractivity contribution in [2.75, 3.05) is 18.6 Å². The van der Waals surface area contributed by atoms with Gasteiger partial charge in [0.25, 0.3) is 0 Å². The molecule has 1 saturated heterocycles. The summed E-state index contributed by atoms with van der Waals surface area (Å²) in [6.45, 7) is 0.189. The van der Waals surface area contributed by atoms with Gasteiger partial charge in [0, 0.05) is 19.0 Å². The highest BCUT2D eigenvalue weighted by molar-refractivity contribution is 6.01. The average molecular weight is 250 g/mol. The highest BCUT2D eigenvalue weighted by Crippen LogP contribution is 2.35. The van der Waals surface area contributed by atoms with Gasteiger partial charge < -0.3 is 20.5 Å². The molecule has 1 aromatic carbocycles. The molecule has 3 N–H and O–H groups in total. The Labute approximate surface area is 104 Å². The van der Waals surface area contributed by atoms with Gasteiger partial charge in [-0.2, -0.15) is 0 Å². The summed E-state index contributed by atoms with van der Waals surface area (Å²) in [7, 11) is 1.49. The average Bonchev–Trinajstić information content (AvgIpc) is 2.72. The zero-order chi connectivity index (χ0) is 13.3. The molecule has 0 radical (unpaired) electrons. The Hall–Kier alpha value is -2.24. The van der Waals surface area contributed by atoms with E-state index in [-0.39, 0.29) is 24.6 Å². The molecule has 1 aliphatic heterocycles. The number of phenolic OH excluding ortho intramolecular Hbond substituents is 1. The number of hydrogen-bond acceptors (Lipinski definition) is 4. The van der Waals surface area contributed by atoms with Crippen LogP contribution in [-0.2, 0) is 9.59 Å². The van der Waals surface area contributed by atoms with Crippen LogP contribution in [0, 0.1) is 5.92 Å². The number of benzene rings is 1. The van der Waals surface area contributed by atoms with Crippen LogP contribution in [0.3, 0.4) is 0 Å². The summed E-state index contributed by atoms with van der Waals surface area (Å²) in [6, 6.07) is 4.58. The molecule has 0 spiro atoms. The number of primary amides is 1. The van der Waals surface area contributed by atoms with Crippen LogP contribution >= 0.6 is 0 Å². The lowest BCUT2D eigenvalue weighted by molar-refractivity contribution is -0.123. The van der Waals surface area contributed by atoms with E-state index in [4.69, 9.17) is 10.5 Å². The van der Waals surface area contributed by atoms with Crippen LogP contribution in [0.5, 0.6) is 11.5 Å². The molecule has 2 rings (SSSR count). The third kappa shape index (κ3) is 2.09. The van der Waals surface area contributed by atoms with Crippen LogP contribution in [-0.4, -0.2) is 30.6 Å². The maximum atomic E-state index is 11.8. The summed E-state index contributed by atoms with van der Waals surface area (Å²) in [6.07, 6.45) is 0.0754. The maximum absolute atomic E-state index is 11.8. The minimum atomic E-state index is -0.511. The summed E-state index contributed by atoms with van der Waals surface area (Å²) in [5.74, 6) is -0.758. The Morgan fingerprint density at radius 3 is 2.83 bits per heavy atom. The number of rotatable bonds is 3. The predicted molar refractivity (Wildman–Crippen MR) is 64.3 cm³/mol. The number of nitrogens with zero attached hydrogens (tertiary/aromatic N) is 1. The van der Waals surface area contributed by atoms with Gasteiger partial charge in [-0.05, 0) is 12.1 Å². The number of ether oxygens (including phenoxy) is 1. The lowest BCUT2D eigenvalue weighted by Crippen LogP contribution is -2.28. The van der Waals surface area contributed by atoms with Gasteiger partial charge >= 0.3 is 0 Å². The number of phenols is 1. The highest BCUT2D eigenvalue weighted by atomic mass is 16.5. The monoisotopic (exact) mass is 250 g/mol. The summed E-state index contributed by atoms with van der Waals surface area (Å²) in [5.41, 5.74) is 5.53. The number of nitrogens with two attached hydrogens (primary N) is 1. The summed E-state index contributed by atoms with van der Waals surface area (Å²) >= 11 is 0. The summed E-state index contributed by atoms with van der Waals surface area (Å²) in [4.78, 5) is 24.3. The number of aromatic hydroxyl groups is 1. The molecule has 18 heavy (non-hydrogen) atoms. The number of methoxy groups -OCH3 is 1. The largest absolute Gasteiger partial charge is 0.506 e. The van der Waals surface area contributed by atoms with Crippen molar-refractivity contribution in [1.29, 1.82) is 0 Å². The minimum absolute atomic E-state index is 0.0331.